The molecule has 0 fully saturated rings. The van der Waals surface area contributed by atoms with Crippen LogP contribution in [0.3, 0.4) is 0 Å². The summed E-state index contributed by atoms with van der Waals surface area (Å²) in [6, 6.07) is 14.6. The molecule has 0 aliphatic heterocycles. The van der Waals surface area contributed by atoms with E-state index in [1.807, 2.05) is 31.2 Å². The molecule has 0 bridgehead atoms. The van der Waals surface area contributed by atoms with Crippen LogP contribution in [0.5, 0.6) is 0 Å². The summed E-state index contributed by atoms with van der Waals surface area (Å²) in [6.07, 6.45) is 0. The summed E-state index contributed by atoms with van der Waals surface area (Å²) in [5, 5.41) is 7.07. The molecule has 0 aliphatic carbocycles. The highest BCUT2D eigenvalue weighted by Crippen LogP contribution is 2.20. The van der Waals surface area contributed by atoms with E-state index in [1.165, 1.54) is 0 Å². The number of nitrogens with zero attached hydrogens (tertiary/aromatic N) is 2. The number of halogens is 1. The van der Waals surface area contributed by atoms with Gasteiger partial charge in [0.1, 0.15) is 0 Å². The zero-order chi connectivity index (χ0) is 16.2. The molecule has 5 nitrogen and oxygen atoms in total. The van der Waals surface area contributed by atoms with Gasteiger partial charge in [0.15, 0.2) is 0 Å². The summed E-state index contributed by atoms with van der Waals surface area (Å²) in [5.41, 5.74) is 2.37. The lowest BCUT2D eigenvalue weighted by Gasteiger charge is -2.03. The van der Waals surface area contributed by atoms with Gasteiger partial charge in [-0.2, -0.15) is 4.98 Å². The number of hydrogen-bond acceptors (Lipinski definition) is 4. The average molecular weight is 328 g/mol. The largest absolute Gasteiger partial charge is 0.343 e. The minimum absolute atomic E-state index is 0.142. The molecular weight excluding hydrogens is 314 g/mol. The summed E-state index contributed by atoms with van der Waals surface area (Å²) in [4.78, 5) is 16.4. The third kappa shape index (κ3) is 3.40. The van der Waals surface area contributed by atoms with E-state index in [-0.39, 0.29) is 12.5 Å². The predicted molar refractivity (Wildman–Crippen MR) is 87.1 cm³/mol. The smallest absolute Gasteiger partial charge is 0.253 e. The lowest BCUT2D eigenvalue weighted by Crippen LogP contribution is -2.23. The third-order valence-corrected chi connectivity index (χ3v) is 3.70. The highest BCUT2D eigenvalue weighted by atomic mass is 35.5. The lowest BCUT2D eigenvalue weighted by atomic mass is 10.1. The molecule has 2 aromatic carbocycles. The molecule has 23 heavy (non-hydrogen) atoms. The Morgan fingerprint density at radius 1 is 1.17 bits per heavy atom. The lowest BCUT2D eigenvalue weighted by molar-refractivity contribution is 0.0946. The quantitative estimate of drug-likeness (QED) is 0.794. The van der Waals surface area contributed by atoms with E-state index in [0.29, 0.717) is 22.3 Å². The van der Waals surface area contributed by atoms with Crippen LogP contribution in [0.2, 0.25) is 5.02 Å². The Morgan fingerprint density at radius 3 is 2.70 bits per heavy atom. The molecule has 0 saturated heterocycles. The van der Waals surface area contributed by atoms with Gasteiger partial charge in [0, 0.05) is 5.56 Å². The minimum atomic E-state index is -0.286. The van der Waals surface area contributed by atoms with Crippen molar-refractivity contribution in [1.82, 2.24) is 15.5 Å². The van der Waals surface area contributed by atoms with E-state index in [4.69, 9.17) is 16.1 Å². The summed E-state index contributed by atoms with van der Waals surface area (Å²) in [5.74, 6) is 0.556. The fourth-order valence-electron chi connectivity index (χ4n) is 2.16. The Kier molecular flexibility index (Phi) is 4.39. The second-order valence-electron chi connectivity index (χ2n) is 4.99. The molecule has 3 aromatic rings. The Morgan fingerprint density at radius 2 is 1.91 bits per heavy atom. The highest BCUT2D eigenvalue weighted by Gasteiger charge is 2.13. The van der Waals surface area contributed by atoms with E-state index in [1.54, 1.807) is 24.3 Å². The Balaban J connectivity index is 1.70. The van der Waals surface area contributed by atoms with Crippen molar-refractivity contribution in [1.29, 1.82) is 0 Å². The van der Waals surface area contributed by atoms with Gasteiger partial charge in [0.25, 0.3) is 5.91 Å². The molecule has 1 amide bonds. The van der Waals surface area contributed by atoms with Gasteiger partial charge in [0.05, 0.1) is 17.1 Å². The van der Waals surface area contributed by atoms with E-state index in [0.717, 1.165) is 11.1 Å². The third-order valence-electron chi connectivity index (χ3n) is 3.37. The topological polar surface area (TPSA) is 68.0 Å². The molecule has 0 aliphatic rings. The second kappa shape index (κ2) is 6.62. The molecule has 3 rings (SSSR count). The fourth-order valence-corrected chi connectivity index (χ4v) is 2.38. The number of nitrogens with one attached hydrogen (secondary N) is 1. The normalized spacial score (nSPS) is 10.5. The van der Waals surface area contributed by atoms with Crippen molar-refractivity contribution in [2.24, 2.45) is 0 Å². The number of carbonyl (C=O) groups is 1. The van der Waals surface area contributed by atoms with Gasteiger partial charge in [-0.25, -0.2) is 0 Å². The van der Waals surface area contributed by atoms with Crippen LogP contribution in [0.4, 0.5) is 0 Å². The van der Waals surface area contributed by atoms with Gasteiger partial charge < -0.3 is 9.84 Å². The van der Waals surface area contributed by atoms with Crippen molar-refractivity contribution in [3.63, 3.8) is 0 Å². The van der Waals surface area contributed by atoms with Crippen molar-refractivity contribution < 1.29 is 9.32 Å². The molecule has 1 aromatic heterocycles. The number of aryl methyl sites for hydroxylation is 1. The number of hydrogen-bond donors (Lipinski definition) is 1. The molecule has 1 N–H and O–H groups in total. The van der Waals surface area contributed by atoms with Gasteiger partial charge in [-0.15, -0.1) is 0 Å². The number of amides is 1. The standard InChI is InChI=1S/C17H14ClN3O2/c1-11-6-2-3-7-12(11)16-20-15(23-21-16)10-19-17(22)13-8-4-5-9-14(13)18/h2-9H,10H2,1H3,(H,19,22). The first-order valence-corrected chi connectivity index (χ1v) is 7.44. The summed E-state index contributed by atoms with van der Waals surface area (Å²) < 4.78 is 5.18. The molecule has 6 heteroatoms. The predicted octanol–water partition coefficient (Wildman–Crippen LogP) is 3.63. The Labute approximate surface area is 138 Å². The van der Waals surface area contributed by atoms with Crippen LogP contribution in [-0.4, -0.2) is 16.0 Å². The maximum absolute atomic E-state index is 12.1. The Hall–Kier alpha value is -2.66. The molecule has 1 heterocycles. The van der Waals surface area contributed by atoms with Crippen molar-refractivity contribution in [2.45, 2.75) is 13.5 Å². The Bertz CT molecular complexity index is 845. The van der Waals surface area contributed by atoms with Gasteiger partial charge in [-0.1, -0.05) is 53.2 Å². The second-order valence-corrected chi connectivity index (χ2v) is 5.40. The van der Waals surface area contributed by atoms with Crippen molar-refractivity contribution in [3.05, 3.63) is 70.6 Å². The van der Waals surface area contributed by atoms with Crippen LogP contribution in [0, 0.1) is 6.92 Å². The average Bonchev–Trinajstić information content (AvgIpc) is 3.02. The first-order chi connectivity index (χ1) is 11.1. The van der Waals surface area contributed by atoms with Gasteiger partial charge in [-0.05, 0) is 24.6 Å². The number of rotatable bonds is 4. The van der Waals surface area contributed by atoms with Gasteiger partial charge >= 0.3 is 0 Å². The number of carbonyl (C=O) groups excluding carboxylic acids is 1. The summed E-state index contributed by atoms with van der Waals surface area (Å²) >= 11 is 5.99. The van der Waals surface area contributed by atoms with Gasteiger partial charge in [-0.3, -0.25) is 4.79 Å². The van der Waals surface area contributed by atoms with Crippen LogP contribution in [-0.2, 0) is 6.54 Å². The van der Waals surface area contributed by atoms with E-state index in [9.17, 15) is 4.79 Å². The fraction of sp³-hybridized carbons (Fsp3) is 0.118. The maximum Gasteiger partial charge on any atom is 0.253 e. The maximum atomic E-state index is 12.1. The van der Waals surface area contributed by atoms with Crippen molar-refractivity contribution in [2.75, 3.05) is 0 Å². The highest BCUT2D eigenvalue weighted by molar-refractivity contribution is 6.33. The van der Waals surface area contributed by atoms with E-state index >= 15 is 0 Å². The first kappa shape index (κ1) is 15.2. The summed E-state index contributed by atoms with van der Waals surface area (Å²) in [7, 11) is 0. The van der Waals surface area contributed by atoms with Crippen LogP contribution >= 0.6 is 11.6 Å². The molecule has 0 atom stereocenters. The van der Waals surface area contributed by atoms with E-state index < -0.39 is 0 Å². The van der Waals surface area contributed by atoms with E-state index in [2.05, 4.69) is 15.5 Å². The summed E-state index contributed by atoms with van der Waals surface area (Å²) in [6.45, 7) is 2.12. The zero-order valence-electron chi connectivity index (χ0n) is 12.4. The molecule has 0 unspecified atom stereocenters. The van der Waals surface area contributed by atoms with Gasteiger partial charge in [0.2, 0.25) is 11.7 Å². The monoisotopic (exact) mass is 327 g/mol. The van der Waals surface area contributed by atoms with Crippen LogP contribution in [0.15, 0.2) is 53.1 Å². The number of aromatic nitrogens is 2. The zero-order valence-corrected chi connectivity index (χ0v) is 13.2. The number of benzene rings is 2. The minimum Gasteiger partial charge on any atom is -0.343 e. The molecule has 0 spiro atoms. The van der Waals surface area contributed by atoms with Crippen molar-refractivity contribution in [3.8, 4) is 11.4 Å². The molecule has 0 radical (unpaired) electrons. The first-order valence-electron chi connectivity index (χ1n) is 7.06. The molecular formula is C17H14ClN3O2. The van der Waals surface area contributed by atoms with Crippen LogP contribution in [0.25, 0.3) is 11.4 Å². The van der Waals surface area contributed by atoms with Crippen molar-refractivity contribution >= 4 is 17.5 Å². The van der Waals surface area contributed by atoms with Crippen LogP contribution in [0.1, 0.15) is 21.8 Å². The molecule has 0 saturated carbocycles. The SMILES string of the molecule is Cc1ccccc1-c1noc(CNC(=O)c2ccccc2Cl)n1. The van der Waals surface area contributed by atoms with Crippen LogP contribution < -0.4 is 5.32 Å². The molecule has 116 valence electrons.